The number of hydrogen-bond acceptors (Lipinski definition) is 4. The van der Waals surface area contributed by atoms with Crippen LogP contribution in [-0.2, 0) is 4.84 Å². The molecule has 2 aliphatic rings. The Bertz CT molecular complexity index is 438. The minimum atomic E-state index is 0.133. The van der Waals surface area contributed by atoms with E-state index in [0.29, 0.717) is 17.3 Å². The third-order valence-electron chi connectivity index (χ3n) is 5.62. The summed E-state index contributed by atoms with van der Waals surface area (Å²) in [6.45, 7) is 17.9. The maximum absolute atomic E-state index is 8.23. The molecular weight excluding hydrogens is 276 g/mol. The molecule has 3 unspecified atom stereocenters. The Labute approximate surface area is 135 Å². The van der Waals surface area contributed by atoms with Crippen LogP contribution in [0.25, 0.3) is 0 Å². The van der Waals surface area contributed by atoms with Crippen molar-refractivity contribution in [1.82, 2.24) is 0 Å². The van der Waals surface area contributed by atoms with Crippen LogP contribution in [0.5, 0.6) is 0 Å². The lowest BCUT2D eigenvalue weighted by Crippen LogP contribution is -2.20. The number of allylic oxidation sites excluding steroid dienone is 1. The number of rotatable bonds is 4. The van der Waals surface area contributed by atoms with Crippen molar-refractivity contribution in [3.8, 4) is 0 Å². The third kappa shape index (κ3) is 4.34. The summed E-state index contributed by atoms with van der Waals surface area (Å²) in [4.78, 5) is 5.06. The normalized spacial score (nSPS) is 27.5. The van der Waals surface area contributed by atoms with E-state index in [1.165, 1.54) is 11.9 Å². The molecule has 4 heteroatoms. The van der Waals surface area contributed by atoms with Crippen LogP contribution in [0.2, 0.25) is 0 Å². The summed E-state index contributed by atoms with van der Waals surface area (Å²) in [5, 5.41) is 15.3. The quantitative estimate of drug-likeness (QED) is 0.353. The molecule has 0 aromatic carbocycles. The molecule has 1 aliphatic carbocycles. The highest BCUT2D eigenvalue weighted by Gasteiger charge is 2.46. The van der Waals surface area contributed by atoms with Gasteiger partial charge >= 0.3 is 0 Å². The van der Waals surface area contributed by atoms with Crippen molar-refractivity contribution in [2.24, 2.45) is 38.9 Å². The molecule has 2 rings (SSSR count). The van der Waals surface area contributed by atoms with Gasteiger partial charge in [0.05, 0.1) is 5.71 Å². The van der Waals surface area contributed by atoms with Gasteiger partial charge < -0.3 is 10.0 Å². The summed E-state index contributed by atoms with van der Waals surface area (Å²) in [5.74, 6) is 1.77. The van der Waals surface area contributed by atoms with E-state index in [4.69, 9.17) is 10.0 Å². The first kappa shape index (κ1) is 18.7. The molecule has 0 saturated heterocycles. The van der Waals surface area contributed by atoms with Gasteiger partial charge in [-0.25, -0.2) is 0 Å². The molecule has 4 nitrogen and oxygen atoms in total. The van der Waals surface area contributed by atoms with E-state index in [0.717, 1.165) is 25.4 Å². The molecule has 0 aromatic heterocycles. The maximum atomic E-state index is 8.23. The highest BCUT2D eigenvalue weighted by Crippen LogP contribution is 2.46. The fourth-order valence-electron chi connectivity index (χ4n) is 2.91. The minimum absolute atomic E-state index is 0.133. The first-order chi connectivity index (χ1) is 10.2. The lowest BCUT2D eigenvalue weighted by molar-refractivity contribution is 0.114. The Morgan fingerprint density at radius 2 is 2.18 bits per heavy atom. The van der Waals surface area contributed by atoms with Crippen LogP contribution < -0.4 is 0 Å². The lowest BCUT2D eigenvalue weighted by Gasteiger charge is -2.27. The van der Waals surface area contributed by atoms with Crippen LogP contribution in [0, 0.1) is 28.6 Å². The van der Waals surface area contributed by atoms with Crippen molar-refractivity contribution in [3.63, 3.8) is 0 Å². The molecule has 0 radical (unpaired) electrons. The zero-order chi connectivity index (χ0) is 17.0. The van der Waals surface area contributed by atoms with E-state index in [2.05, 4.69) is 58.4 Å². The summed E-state index contributed by atoms with van der Waals surface area (Å²) >= 11 is 0. The number of oxime groups is 2. The molecule has 22 heavy (non-hydrogen) atoms. The topological polar surface area (TPSA) is 54.2 Å². The van der Waals surface area contributed by atoms with Gasteiger partial charge in [0, 0.05) is 12.1 Å². The molecule has 1 aliphatic heterocycles. The van der Waals surface area contributed by atoms with E-state index in [1.807, 2.05) is 6.08 Å². The summed E-state index contributed by atoms with van der Waals surface area (Å²) < 4.78 is 0. The second kappa shape index (κ2) is 7.30. The molecule has 1 fully saturated rings. The van der Waals surface area contributed by atoms with Crippen LogP contribution >= 0.6 is 0 Å². The van der Waals surface area contributed by atoms with Crippen LogP contribution in [0.1, 0.15) is 54.4 Å². The molecule has 3 atom stereocenters. The number of fused-ring (bicyclic) bond motifs is 1. The fourth-order valence-corrected chi connectivity index (χ4v) is 2.91. The van der Waals surface area contributed by atoms with E-state index in [1.54, 1.807) is 0 Å². The van der Waals surface area contributed by atoms with E-state index < -0.39 is 0 Å². The van der Waals surface area contributed by atoms with E-state index >= 15 is 0 Å². The van der Waals surface area contributed by atoms with Gasteiger partial charge in [-0.1, -0.05) is 52.8 Å². The molecule has 126 valence electrons. The van der Waals surface area contributed by atoms with Crippen molar-refractivity contribution in [2.75, 3.05) is 6.61 Å². The third-order valence-corrected chi connectivity index (χ3v) is 5.62. The zero-order valence-corrected chi connectivity index (χ0v) is 15.0. The van der Waals surface area contributed by atoms with E-state index in [-0.39, 0.29) is 5.41 Å². The standard InChI is InChI=1S/C9H15NO.C9H17NO/c1-6-7-5-11-10-8(7)4-9(6,2)3;1-5-8(2)9(3,4)6-7-10-11/h6-7H,4-5H2,1-3H3;5,7-8,11H,1,6H2,2-4H3/b;10-7+. The van der Waals surface area contributed by atoms with Gasteiger partial charge in [0.2, 0.25) is 0 Å². The van der Waals surface area contributed by atoms with Gasteiger partial charge in [-0.3, -0.25) is 0 Å². The molecule has 0 amide bonds. The summed E-state index contributed by atoms with van der Waals surface area (Å²) in [5.41, 5.74) is 1.86. The Balaban J connectivity index is 0.000000220. The largest absolute Gasteiger partial charge is 0.411 e. The molecule has 0 aromatic rings. The average molecular weight is 308 g/mol. The predicted molar refractivity (Wildman–Crippen MR) is 92.5 cm³/mol. The summed E-state index contributed by atoms with van der Waals surface area (Å²) in [7, 11) is 0. The highest BCUT2D eigenvalue weighted by molar-refractivity contribution is 5.90. The van der Waals surface area contributed by atoms with Crippen LogP contribution in [0.3, 0.4) is 0 Å². The zero-order valence-electron chi connectivity index (χ0n) is 15.0. The van der Waals surface area contributed by atoms with Gasteiger partial charge in [0.25, 0.3) is 0 Å². The van der Waals surface area contributed by atoms with Crippen molar-refractivity contribution in [1.29, 1.82) is 0 Å². The fraction of sp³-hybridized carbons (Fsp3) is 0.778. The molecule has 0 spiro atoms. The van der Waals surface area contributed by atoms with Crippen molar-refractivity contribution in [3.05, 3.63) is 12.7 Å². The van der Waals surface area contributed by atoms with Crippen molar-refractivity contribution in [2.45, 2.75) is 54.4 Å². The van der Waals surface area contributed by atoms with Gasteiger partial charge in [0.15, 0.2) is 0 Å². The van der Waals surface area contributed by atoms with Gasteiger partial charge in [-0.05, 0) is 35.5 Å². The van der Waals surface area contributed by atoms with Crippen molar-refractivity contribution >= 4 is 11.9 Å². The number of nitrogens with zero attached hydrogens (tertiary/aromatic N) is 2. The first-order valence-electron chi connectivity index (χ1n) is 8.13. The first-order valence-corrected chi connectivity index (χ1v) is 8.13. The highest BCUT2D eigenvalue weighted by atomic mass is 16.6. The van der Waals surface area contributed by atoms with E-state index in [9.17, 15) is 0 Å². The maximum Gasteiger partial charge on any atom is 0.125 e. The Morgan fingerprint density at radius 3 is 2.68 bits per heavy atom. The second-order valence-corrected chi connectivity index (χ2v) is 7.95. The lowest BCUT2D eigenvalue weighted by atomic mass is 9.78. The van der Waals surface area contributed by atoms with Gasteiger partial charge in [0.1, 0.15) is 6.61 Å². The van der Waals surface area contributed by atoms with Gasteiger partial charge in [-0.15, -0.1) is 11.7 Å². The molecule has 1 N–H and O–H groups in total. The van der Waals surface area contributed by atoms with Gasteiger partial charge in [-0.2, -0.15) is 0 Å². The monoisotopic (exact) mass is 308 g/mol. The Hall–Kier alpha value is -1.32. The SMILES string of the molecule is C=CC(C)C(C)(C)C/C=N/O.CC1C2CON=C2CC1(C)C. The number of hydrogen-bond donors (Lipinski definition) is 1. The smallest absolute Gasteiger partial charge is 0.125 e. The Kier molecular flexibility index (Phi) is 6.21. The minimum Gasteiger partial charge on any atom is -0.411 e. The molecule has 1 heterocycles. The second-order valence-electron chi connectivity index (χ2n) is 7.95. The van der Waals surface area contributed by atoms with Crippen LogP contribution in [0.4, 0.5) is 0 Å². The molecule has 0 bridgehead atoms. The van der Waals surface area contributed by atoms with Crippen LogP contribution in [0.15, 0.2) is 23.0 Å². The predicted octanol–water partition coefficient (Wildman–Crippen LogP) is 4.74. The molecule has 1 saturated carbocycles. The van der Waals surface area contributed by atoms with Crippen LogP contribution in [-0.4, -0.2) is 23.7 Å². The summed E-state index contributed by atoms with van der Waals surface area (Å²) in [6.07, 6.45) is 5.35. The summed E-state index contributed by atoms with van der Waals surface area (Å²) in [6, 6.07) is 0. The van der Waals surface area contributed by atoms with Crippen molar-refractivity contribution < 1.29 is 10.0 Å². The molecular formula is C18H32N2O2. The average Bonchev–Trinajstić information content (AvgIpc) is 2.98. The Morgan fingerprint density at radius 1 is 1.55 bits per heavy atom.